The molecule has 0 saturated carbocycles. The first-order chi connectivity index (χ1) is 12.4. The fourth-order valence-electron chi connectivity index (χ4n) is 2.11. The van der Waals surface area contributed by atoms with Crippen molar-refractivity contribution in [2.24, 2.45) is 0 Å². The fourth-order valence-corrected chi connectivity index (χ4v) is 2.11. The van der Waals surface area contributed by atoms with E-state index in [0.717, 1.165) is 0 Å². The van der Waals surface area contributed by atoms with E-state index in [0.29, 0.717) is 22.2 Å². The molecule has 0 bridgehead atoms. The van der Waals surface area contributed by atoms with Gasteiger partial charge in [0.25, 0.3) is 5.09 Å². The summed E-state index contributed by atoms with van der Waals surface area (Å²) in [7, 11) is 1.27. The number of rotatable bonds is 3. The number of methoxy groups -OCH3 is 1. The normalized spacial score (nSPS) is 9.73. The van der Waals surface area contributed by atoms with E-state index in [4.69, 9.17) is 15.3 Å². The monoisotopic (exact) mass is 358 g/mol. The molecule has 0 aliphatic rings. The van der Waals surface area contributed by atoms with Crippen LogP contribution in [0.15, 0.2) is 48.5 Å². The summed E-state index contributed by atoms with van der Waals surface area (Å²) < 4.78 is 4.51. The number of carbonyl (C=O) groups is 2. The number of H-pyrrole nitrogens is 1. The molecular formula is C16H14N4O6. The third kappa shape index (κ3) is 4.77. The minimum absolute atomic E-state index is 0.0698. The fraction of sp³-hybridized carbons (Fsp3) is 0.0625. The van der Waals surface area contributed by atoms with Gasteiger partial charge in [-0.25, -0.2) is 9.78 Å². The average Bonchev–Trinajstić information content (AvgIpc) is 3.02. The van der Waals surface area contributed by atoms with E-state index in [1.54, 1.807) is 30.3 Å². The topological polar surface area (TPSA) is 147 Å². The molecular weight excluding hydrogens is 344 g/mol. The second-order valence-electron chi connectivity index (χ2n) is 4.87. The van der Waals surface area contributed by atoms with Gasteiger partial charge in [0, 0.05) is 11.1 Å². The maximum absolute atomic E-state index is 12.4. The second kappa shape index (κ2) is 8.24. The minimum atomic E-state index is -1.50. The highest BCUT2D eigenvalue weighted by Gasteiger charge is 2.12. The number of amides is 1. The molecule has 0 spiro atoms. The summed E-state index contributed by atoms with van der Waals surface area (Å²) >= 11 is 0. The predicted octanol–water partition coefficient (Wildman–Crippen LogP) is 2.62. The number of hydrogen-bond acceptors (Lipinski definition) is 6. The number of aromatic nitrogens is 2. The Morgan fingerprint density at radius 1 is 1.19 bits per heavy atom. The summed E-state index contributed by atoms with van der Waals surface area (Å²) in [5, 5.41) is 16.1. The first kappa shape index (κ1) is 18.4. The highest BCUT2D eigenvalue weighted by atomic mass is 16.9. The summed E-state index contributed by atoms with van der Waals surface area (Å²) in [5.41, 5.74) is 2.48. The van der Waals surface area contributed by atoms with Gasteiger partial charge in [-0.15, -0.1) is 10.1 Å². The number of anilines is 1. The summed E-state index contributed by atoms with van der Waals surface area (Å²) in [4.78, 5) is 39.1. The van der Waals surface area contributed by atoms with Crippen molar-refractivity contribution in [3.63, 3.8) is 0 Å². The van der Waals surface area contributed by atoms with Crippen molar-refractivity contribution in [3.05, 3.63) is 69.8 Å². The summed E-state index contributed by atoms with van der Waals surface area (Å²) in [6.45, 7) is 0. The Morgan fingerprint density at radius 3 is 2.46 bits per heavy atom. The maximum atomic E-state index is 12.4. The first-order valence-corrected chi connectivity index (χ1v) is 7.18. The second-order valence-corrected chi connectivity index (χ2v) is 4.87. The molecule has 0 radical (unpaired) electrons. The third-order valence-electron chi connectivity index (χ3n) is 3.19. The quantitative estimate of drug-likeness (QED) is 0.370. The lowest BCUT2D eigenvalue weighted by molar-refractivity contribution is -0.742. The predicted molar refractivity (Wildman–Crippen MR) is 90.8 cm³/mol. The van der Waals surface area contributed by atoms with Crippen molar-refractivity contribution < 1.29 is 24.6 Å². The van der Waals surface area contributed by atoms with Crippen LogP contribution in [0.4, 0.5) is 10.7 Å². The highest BCUT2D eigenvalue weighted by Crippen LogP contribution is 2.18. The van der Waals surface area contributed by atoms with Gasteiger partial charge in [0.1, 0.15) is 0 Å². The molecule has 0 unspecified atom stereocenters. The van der Waals surface area contributed by atoms with E-state index in [1.807, 2.05) is 18.2 Å². The Balaban J connectivity index is 0.000000552. The number of benzene rings is 2. The number of nitrogens with zero attached hydrogens (tertiary/aromatic N) is 2. The van der Waals surface area contributed by atoms with Gasteiger partial charge in [0.15, 0.2) is 5.78 Å². The number of fused-ring (bicyclic) bond motifs is 1. The lowest BCUT2D eigenvalue weighted by Gasteiger charge is -2.00. The molecule has 3 rings (SSSR count). The molecule has 1 aromatic heterocycles. The van der Waals surface area contributed by atoms with E-state index in [2.05, 4.69) is 20.0 Å². The Morgan fingerprint density at radius 2 is 1.85 bits per heavy atom. The van der Waals surface area contributed by atoms with Gasteiger partial charge >= 0.3 is 6.09 Å². The van der Waals surface area contributed by atoms with Crippen LogP contribution in [0, 0.1) is 10.1 Å². The summed E-state index contributed by atoms with van der Waals surface area (Å²) in [6.07, 6.45) is -0.611. The molecule has 0 fully saturated rings. The van der Waals surface area contributed by atoms with Crippen LogP contribution in [0.2, 0.25) is 0 Å². The zero-order chi connectivity index (χ0) is 19.1. The van der Waals surface area contributed by atoms with Gasteiger partial charge in [-0.2, -0.15) is 0 Å². The van der Waals surface area contributed by atoms with Crippen molar-refractivity contribution in [1.82, 2.24) is 9.97 Å². The number of nitrogens with one attached hydrogen (secondary N) is 2. The van der Waals surface area contributed by atoms with E-state index < -0.39 is 11.2 Å². The molecule has 10 nitrogen and oxygen atoms in total. The Labute approximate surface area is 146 Å². The van der Waals surface area contributed by atoms with Crippen LogP contribution in [-0.2, 0) is 4.74 Å². The van der Waals surface area contributed by atoms with Gasteiger partial charge in [0.05, 0.1) is 18.1 Å². The maximum Gasteiger partial charge on any atom is 0.413 e. The number of aromatic amines is 1. The Hall–Kier alpha value is -3.95. The lowest BCUT2D eigenvalue weighted by Crippen LogP contribution is -2.11. The largest absolute Gasteiger partial charge is 0.453 e. The number of imidazole rings is 1. The highest BCUT2D eigenvalue weighted by molar-refractivity contribution is 6.10. The summed E-state index contributed by atoms with van der Waals surface area (Å²) in [5.74, 6) is 0.200. The molecule has 0 atom stereocenters. The zero-order valence-electron chi connectivity index (χ0n) is 13.5. The van der Waals surface area contributed by atoms with Gasteiger partial charge in [-0.05, 0) is 18.2 Å². The number of ketones is 1. The van der Waals surface area contributed by atoms with Crippen LogP contribution in [-0.4, -0.2) is 39.2 Å². The van der Waals surface area contributed by atoms with Crippen LogP contribution in [0.3, 0.4) is 0 Å². The van der Waals surface area contributed by atoms with Crippen molar-refractivity contribution >= 4 is 28.9 Å². The molecule has 26 heavy (non-hydrogen) atoms. The van der Waals surface area contributed by atoms with Crippen molar-refractivity contribution in [1.29, 1.82) is 0 Å². The van der Waals surface area contributed by atoms with Gasteiger partial charge in [-0.3, -0.25) is 10.1 Å². The molecule has 3 aromatic rings. The zero-order valence-corrected chi connectivity index (χ0v) is 13.5. The van der Waals surface area contributed by atoms with Crippen LogP contribution >= 0.6 is 0 Å². The molecule has 1 amide bonds. The van der Waals surface area contributed by atoms with Crippen LogP contribution < -0.4 is 5.32 Å². The summed E-state index contributed by atoms with van der Waals surface area (Å²) in [6, 6.07) is 14.2. The van der Waals surface area contributed by atoms with E-state index >= 15 is 0 Å². The van der Waals surface area contributed by atoms with E-state index in [9.17, 15) is 9.59 Å². The van der Waals surface area contributed by atoms with Gasteiger partial charge in [0.2, 0.25) is 5.95 Å². The Kier molecular flexibility index (Phi) is 5.83. The smallest absolute Gasteiger partial charge is 0.413 e. The van der Waals surface area contributed by atoms with Crippen molar-refractivity contribution in [3.8, 4) is 0 Å². The van der Waals surface area contributed by atoms with Crippen LogP contribution in [0.25, 0.3) is 11.0 Å². The van der Waals surface area contributed by atoms with Crippen molar-refractivity contribution in [2.45, 2.75) is 0 Å². The molecule has 10 heteroatoms. The molecule has 2 aromatic carbocycles. The minimum Gasteiger partial charge on any atom is -0.453 e. The first-order valence-electron chi connectivity index (χ1n) is 7.18. The van der Waals surface area contributed by atoms with Crippen LogP contribution in [0.5, 0.6) is 0 Å². The van der Waals surface area contributed by atoms with Gasteiger partial charge < -0.3 is 14.9 Å². The van der Waals surface area contributed by atoms with Crippen molar-refractivity contribution in [2.75, 3.05) is 12.4 Å². The third-order valence-corrected chi connectivity index (χ3v) is 3.19. The molecule has 0 aliphatic carbocycles. The number of carbonyl (C=O) groups excluding carboxylic acids is 2. The molecule has 3 N–H and O–H groups in total. The Bertz CT molecular complexity index is 934. The molecule has 1 heterocycles. The molecule has 0 saturated heterocycles. The van der Waals surface area contributed by atoms with E-state index in [1.165, 1.54) is 7.11 Å². The lowest BCUT2D eigenvalue weighted by atomic mass is 10.0. The SMILES string of the molecule is COC(=O)Nc1nc2ccc(C(=O)c3ccccc3)cc2[nH]1.O=[N+]([O-])O. The van der Waals surface area contributed by atoms with Gasteiger partial charge in [-0.1, -0.05) is 30.3 Å². The van der Waals surface area contributed by atoms with Crippen LogP contribution in [0.1, 0.15) is 15.9 Å². The number of hydrogen-bond donors (Lipinski definition) is 3. The average molecular weight is 358 g/mol. The van der Waals surface area contributed by atoms with E-state index in [-0.39, 0.29) is 11.7 Å². The molecule has 134 valence electrons. The number of ether oxygens (including phenoxy) is 1. The standard InChI is InChI=1S/C16H13N3O3.HNO3/c1-22-16(21)19-15-17-12-8-7-11(9-13(12)18-15)14(20)10-5-3-2-4-6-10;2-1(3)4/h2-9H,1H3,(H2,17,18,19,21);(H,2,3,4). The molecule has 0 aliphatic heterocycles.